The van der Waals surface area contributed by atoms with Gasteiger partial charge in [0.05, 0.1) is 6.20 Å². The highest BCUT2D eigenvalue weighted by Crippen LogP contribution is 2.21. The average Bonchev–Trinajstić information content (AvgIpc) is 2.31. The number of carbonyl (C=O) groups excluding carboxylic acids is 1. The summed E-state index contributed by atoms with van der Waals surface area (Å²) in [5.41, 5.74) is 1.73. The number of ketones is 1. The van der Waals surface area contributed by atoms with Crippen molar-refractivity contribution in [3.63, 3.8) is 0 Å². The molecular formula is C13H9BrFNO. The second-order valence-corrected chi connectivity index (χ2v) is 4.56. The van der Waals surface area contributed by atoms with E-state index in [2.05, 4.69) is 20.9 Å². The third kappa shape index (κ3) is 2.58. The molecular weight excluding hydrogens is 285 g/mol. The Balaban J connectivity index is 2.47. The molecule has 2 nitrogen and oxygen atoms in total. The maximum absolute atomic E-state index is 13.0. The van der Waals surface area contributed by atoms with Gasteiger partial charge < -0.3 is 0 Å². The molecule has 0 atom stereocenters. The van der Waals surface area contributed by atoms with Crippen LogP contribution >= 0.6 is 15.9 Å². The minimum absolute atomic E-state index is 0.243. The molecule has 0 fully saturated rings. The van der Waals surface area contributed by atoms with Gasteiger partial charge in [0, 0.05) is 21.8 Å². The van der Waals surface area contributed by atoms with Crippen LogP contribution in [0.5, 0.6) is 0 Å². The van der Waals surface area contributed by atoms with Gasteiger partial charge in [-0.25, -0.2) is 4.39 Å². The first-order valence-corrected chi connectivity index (χ1v) is 5.78. The molecule has 17 heavy (non-hydrogen) atoms. The Morgan fingerprint density at radius 1 is 1.29 bits per heavy atom. The third-order valence-electron chi connectivity index (χ3n) is 2.33. The third-order valence-corrected chi connectivity index (χ3v) is 3.03. The Labute approximate surface area is 107 Å². The minimum Gasteiger partial charge on any atom is -0.289 e. The van der Waals surface area contributed by atoms with E-state index in [0.29, 0.717) is 10.0 Å². The number of hydrogen-bond acceptors (Lipinski definition) is 2. The van der Waals surface area contributed by atoms with E-state index in [1.807, 2.05) is 13.0 Å². The summed E-state index contributed by atoms with van der Waals surface area (Å²) in [5.74, 6) is -0.757. The summed E-state index contributed by atoms with van der Waals surface area (Å²) in [6, 6.07) is 6.64. The molecule has 1 heterocycles. The number of carbonyl (C=O) groups is 1. The van der Waals surface area contributed by atoms with Gasteiger partial charge >= 0.3 is 0 Å². The number of halogens is 2. The Morgan fingerprint density at radius 3 is 2.76 bits per heavy atom. The van der Waals surface area contributed by atoms with Crippen LogP contribution in [-0.4, -0.2) is 10.8 Å². The number of benzene rings is 1. The van der Waals surface area contributed by atoms with Crippen molar-refractivity contribution in [2.45, 2.75) is 6.92 Å². The lowest BCUT2D eigenvalue weighted by Crippen LogP contribution is -2.04. The molecule has 0 saturated carbocycles. The van der Waals surface area contributed by atoms with Crippen LogP contribution in [0.4, 0.5) is 4.39 Å². The molecule has 0 N–H and O–H groups in total. The van der Waals surface area contributed by atoms with Gasteiger partial charge in [-0.15, -0.1) is 0 Å². The number of hydrogen-bond donors (Lipinski definition) is 0. The fourth-order valence-corrected chi connectivity index (χ4v) is 1.93. The first-order valence-electron chi connectivity index (χ1n) is 4.99. The predicted molar refractivity (Wildman–Crippen MR) is 66.5 cm³/mol. The Morgan fingerprint density at radius 2 is 2.06 bits per heavy atom. The molecule has 1 aromatic carbocycles. The predicted octanol–water partition coefficient (Wildman–Crippen LogP) is 3.52. The summed E-state index contributed by atoms with van der Waals surface area (Å²) in [4.78, 5) is 15.8. The molecule has 0 aliphatic rings. The number of aromatic nitrogens is 1. The second kappa shape index (κ2) is 4.75. The van der Waals surface area contributed by atoms with E-state index < -0.39 is 5.82 Å². The van der Waals surface area contributed by atoms with E-state index in [-0.39, 0.29) is 11.3 Å². The van der Waals surface area contributed by atoms with Crippen molar-refractivity contribution < 1.29 is 9.18 Å². The summed E-state index contributed by atoms with van der Waals surface area (Å²) in [5, 5.41) is 0. The first-order chi connectivity index (χ1) is 8.08. The van der Waals surface area contributed by atoms with Gasteiger partial charge in [-0.2, -0.15) is 0 Å². The zero-order valence-corrected chi connectivity index (χ0v) is 10.7. The van der Waals surface area contributed by atoms with E-state index >= 15 is 0 Å². The van der Waals surface area contributed by atoms with Crippen molar-refractivity contribution in [2.24, 2.45) is 0 Å². The quantitative estimate of drug-likeness (QED) is 0.793. The smallest absolute Gasteiger partial charge is 0.195 e. The van der Waals surface area contributed by atoms with E-state index in [1.54, 1.807) is 12.1 Å². The zero-order valence-electron chi connectivity index (χ0n) is 9.08. The maximum Gasteiger partial charge on any atom is 0.195 e. The van der Waals surface area contributed by atoms with E-state index in [0.717, 1.165) is 11.8 Å². The number of pyridine rings is 1. The van der Waals surface area contributed by atoms with Gasteiger partial charge in [0.15, 0.2) is 5.78 Å². The van der Waals surface area contributed by atoms with Crippen molar-refractivity contribution in [1.29, 1.82) is 0 Å². The van der Waals surface area contributed by atoms with Crippen LogP contribution in [-0.2, 0) is 0 Å². The molecule has 0 radical (unpaired) electrons. The van der Waals surface area contributed by atoms with Crippen molar-refractivity contribution >= 4 is 21.7 Å². The second-order valence-electron chi connectivity index (χ2n) is 3.70. The van der Waals surface area contributed by atoms with Crippen LogP contribution in [0.15, 0.2) is 41.1 Å². The van der Waals surface area contributed by atoms with Crippen LogP contribution in [0.2, 0.25) is 0 Å². The molecule has 0 bridgehead atoms. The molecule has 0 amide bonds. The van der Waals surface area contributed by atoms with Crippen LogP contribution in [0.3, 0.4) is 0 Å². The topological polar surface area (TPSA) is 30.0 Å². The fourth-order valence-electron chi connectivity index (χ4n) is 1.50. The van der Waals surface area contributed by atoms with Gasteiger partial charge in [-0.05, 0) is 25.1 Å². The maximum atomic E-state index is 13.0. The highest BCUT2D eigenvalue weighted by atomic mass is 79.9. The molecule has 2 rings (SSSR count). The fraction of sp³-hybridized carbons (Fsp3) is 0.0769. The Bertz CT molecular complexity index is 583. The number of rotatable bonds is 2. The highest BCUT2D eigenvalue weighted by Gasteiger charge is 2.13. The van der Waals surface area contributed by atoms with Gasteiger partial charge in [0.2, 0.25) is 0 Å². The van der Waals surface area contributed by atoms with Crippen molar-refractivity contribution in [3.8, 4) is 0 Å². The largest absolute Gasteiger partial charge is 0.289 e. The SMILES string of the molecule is Cc1ccc(Br)c(C(=O)c2cncc(F)c2)c1. The van der Waals surface area contributed by atoms with Crippen LogP contribution < -0.4 is 0 Å². The van der Waals surface area contributed by atoms with E-state index in [9.17, 15) is 9.18 Å². The number of nitrogens with zero attached hydrogens (tertiary/aromatic N) is 1. The number of aryl methyl sites for hydroxylation is 1. The average molecular weight is 294 g/mol. The van der Waals surface area contributed by atoms with Crippen LogP contribution in [0.1, 0.15) is 21.5 Å². The van der Waals surface area contributed by atoms with Crippen molar-refractivity contribution in [3.05, 3.63) is 63.6 Å². The molecule has 0 aliphatic carbocycles. The molecule has 4 heteroatoms. The lowest BCUT2D eigenvalue weighted by molar-refractivity contribution is 0.103. The lowest BCUT2D eigenvalue weighted by atomic mass is 10.0. The highest BCUT2D eigenvalue weighted by molar-refractivity contribution is 9.10. The first kappa shape index (κ1) is 11.9. The summed E-state index contributed by atoms with van der Waals surface area (Å²) >= 11 is 3.31. The van der Waals surface area contributed by atoms with Gasteiger partial charge in [0.25, 0.3) is 0 Å². The summed E-state index contributed by atoms with van der Waals surface area (Å²) in [7, 11) is 0. The zero-order chi connectivity index (χ0) is 12.4. The molecule has 1 aromatic heterocycles. The van der Waals surface area contributed by atoms with E-state index in [4.69, 9.17) is 0 Å². The van der Waals surface area contributed by atoms with Gasteiger partial charge in [0.1, 0.15) is 5.82 Å². The monoisotopic (exact) mass is 293 g/mol. The van der Waals surface area contributed by atoms with Crippen LogP contribution in [0.25, 0.3) is 0 Å². The summed E-state index contributed by atoms with van der Waals surface area (Å²) in [6.07, 6.45) is 2.43. The van der Waals surface area contributed by atoms with Crippen LogP contribution in [0, 0.1) is 12.7 Å². The molecule has 0 spiro atoms. The molecule has 0 aliphatic heterocycles. The minimum atomic E-state index is -0.514. The lowest BCUT2D eigenvalue weighted by Gasteiger charge is -2.05. The molecule has 0 saturated heterocycles. The molecule has 2 aromatic rings. The van der Waals surface area contributed by atoms with Crippen molar-refractivity contribution in [2.75, 3.05) is 0 Å². The van der Waals surface area contributed by atoms with E-state index in [1.165, 1.54) is 12.3 Å². The normalized spacial score (nSPS) is 10.3. The molecule has 86 valence electrons. The molecule has 0 unspecified atom stereocenters. The standard InChI is InChI=1S/C13H9BrFNO/c1-8-2-3-12(14)11(4-8)13(17)9-5-10(15)7-16-6-9/h2-7H,1H3. The summed E-state index contributed by atoms with van der Waals surface area (Å²) < 4.78 is 13.7. The Hall–Kier alpha value is -1.55. The van der Waals surface area contributed by atoms with Crippen molar-refractivity contribution in [1.82, 2.24) is 4.98 Å². The Kier molecular flexibility index (Phi) is 3.33. The summed E-state index contributed by atoms with van der Waals surface area (Å²) in [6.45, 7) is 1.90. The van der Waals surface area contributed by atoms with Gasteiger partial charge in [-0.1, -0.05) is 27.6 Å². The van der Waals surface area contributed by atoms with Gasteiger partial charge in [-0.3, -0.25) is 9.78 Å².